The van der Waals surface area contributed by atoms with Gasteiger partial charge in [0.25, 0.3) is 0 Å². The molecule has 0 saturated heterocycles. The zero-order valence-corrected chi connectivity index (χ0v) is 7.40. The molecule has 0 fully saturated rings. The summed E-state index contributed by atoms with van der Waals surface area (Å²) < 4.78 is 4.76. The van der Waals surface area contributed by atoms with Gasteiger partial charge in [-0.1, -0.05) is 0 Å². The van der Waals surface area contributed by atoms with Crippen LogP contribution in [0.3, 0.4) is 0 Å². The molecule has 1 aromatic rings. The molecule has 0 spiro atoms. The van der Waals surface area contributed by atoms with Crippen molar-refractivity contribution in [2.24, 2.45) is 0 Å². The molecule has 60 valence electrons. The van der Waals surface area contributed by atoms with Crippen molar-refractivity contribution in [3.05, 3.63) is 16.6 Å². The number of thiazole rings is 1. The summed E-state index contributed by atoms with van der Waals surface area (Å²) in [6.45, 7) is 0.333. The van der Waals surface area contributed by atoms with E-state index in [0.29, 0.717) is 18.1 Å². The Morgan fingerprint density at radius 3 is 3.18 bits per heavy atom. The number of hydrogen-bond acceptors (Lipinski definition) is 5. The van der Waals surface area contributed by atoms with Gasteiger partial charge in [0.15, 0.2) is 5.69 Å². The molecule has 0 aliphatic rings. The van der Waals surface area contributed by atoms with Gasteiger partial charge < -0.3 is 4.74 Å². The van der Waals surface area contributed by atoms with Gasteiger partial charge in [-0.25, -0.2) is 9.78 Å². The SMILES string of the molecule is O=C(OCCS)c1cscn1. The van der Waals surface area contributed by atoms with E-state index in [1.807, 2.05) is 0 Å². The second kappa shape index (κ2) is 4.35. The van der Waals surface area contributed by atoms with Crippen LogP contribution < -0.4 is 0 Å². The molecule has 5 heteroatoms. The van der Waals surface area contributed by atoms with Gasteiger partial charge in [-0.2, -0.15) is 12.6 Å². The minimum absolute atomic E-state index is 0.333. The van der Waals surface area contributed by atoms with Crippen molar-refractivity contribution in [3.63, 3.8) is 0 Å². The monoisotopic (exact) mass is 189 g/mol. The Labute approximate surface area is 73.8 Å². The number of nitrogens with zero attached hydrogens (tertiary/aromatic N) is 1. The predicted octanol–water partition coefficient (Wildman–Crippen LogP) is 1.23. The molecule has 0 N–H and O–H groups in total. The van der Waals surface area contributed by atoms with Crippen LogP contribution in [0.2, 0.25) is 0 Å². The minimum Gasteiger partial charge on any atom is -0.460 e. The molecule has 11 heavy (non-hydrogen) atoms. The Hall–Kier alpha value is -0.550. The fourth-order valence-electron chi connectivity index (χ4n) is 0.526. The number of thiol groups is 1. The van der Waals surface area contributed by atoms with Crippen LogP contribution in [-0.4, -0.2) is 23.3 Å². The highest BCUT2D eigenvalue weighted by Crippen LogP contribution is 2.02. The van der Waals surface area contributed by atoms with Gasteiger partial charge in [0.2, 0.25) is 0 Å². The van der Waals surface area contributed by atoms with Crippen molar-refractivity contribution < 1.29 is 9.53 Å². The van der Waals surface area contributed by atoms with E-state index < -0.39 is 0 Å². The van der Waals surface area contributed by atoms with Crippen molar-refractivity contribution in [2.75, 3.05) is 12.4 Å². The first-order chi connectivity index (χ1) is 5.34. The first-order valence-electron chi connectivity index (χ1n) is 3.01. The third-order valence-electron chi connectivity index (χ3n) is 0.966. The molecule has 0 aliphatic heterocycles. The topological polar surface area (TPSA) is 39.2 Å². The van der Waals surface area contributed by atoms with Crippen molar-refractivity contribution in [2.45, 2.75) is 0 Å². The maximum atomic E-state index is 11.0. The lowest BCUT2D eigenvalue weighted by Crippen LogP contribution is -2.07. The Morgan fingerprint density at radius 2 is 2.64 bits per heavy atom. The lowest BCUT2D eigenvalue weighted by atomic mass is 10.5. The Balaban J connectivity index is 2.43. The Bertz CT molecular complexity index is 222. The van der Waals surface area contributed by atoms with Crippen LogP contribution in [0.5, 0.6) is 0 Å². The van der Waals surface area contributed by atoms with Crippen LogP contribution in [0.4, 0.5) is 0 Å². The van der Waals surface area contributed by atoms with Gasteiger partial charge in [-0.05, 0) is 0 Å². The van der Waals surface area contributed by atoms with Crippen LogP contribution in [0.1, 0.15) is 10.5 Å². The van der Waals surface area contributed by atoms with E-state index in [9.17, 15) is 4.79 Å². The molecule has 1 aromatic heterocycles. The molecule has 0 bridgehead atoms. The van der Waals surface area contributed by atoms with Crippen molar-refractivity contribution in [1.29, 1.82) is 0 Å². The van der Waals surface area contributed by atoms with E-state index in [-0.39, 0.29) is 5.97 Å². The normalized spacial score (nSPS) is 9.55. The summed E-state index contributed by atoms with van der Waals surface area (Å²) in [5.41, 5.74) is 1.97. The van der Waals surface area contributed by atoms with E-state index in [4.69, 9.17) is 4.74 Å². The zero-order valence-electron chi connectivity index (χ0n) is 5.69. The standard InChI is InChI=1S/C6H7NO2S2/c8-6(9-1-2-10)5-3-11-4-7-5/h3-4,10H,1-2H2. The summed E-state index contributed by atoms with van der Waals surface area (Å²) in [4.78, 5) is 14.7. The molecule has 3 nitrogen and oxygen atoms in total. The molecule has 0 saturated carbocycles. The van der Waals surface area contributed by atoms with Crippen molar-refractivity contribution in [3.8, 4) is 0 Å². The summed E-state index contributed by atoms with van der Waals surface area (Å²) in [6.07, 6.45) is 0. The number of aromatic nitrogens is 1. The summed E-state index contributed by atoms with van der Waals surface area (Å²) in [7, 11) is 0. The summed E-state index contributed by atoms with van der Waals surface area (Å²) in [5, 5.41) is 1.65. The maximum Gasteiger partial charge on any atom is 0.357 e. The predicted molar refractivity (Wildman–Crippen MR) is 46.2 cm³/mol. The molecule has 0 aliphatic carbocycles. The average molecular weight is 189 g/mol. The second-order valence-corrected chi connectivity index (χ2v) is 2.90. The van der Waals surface area contributed by atoms with E-state index in [2.05, 4.69) is 17.6 Å². The third-order valence-corrected chi connectivity index (χ3v) is 1.73. The largest absolute Gasteiger partial charge is 0.460 e. The number of carbonyl (C=O) groups excluding carboxylic acids is 1. The number of esters is 1. The van der Waals surface area contributed by atoms with E-state index >= 15 is 0 Å². The third kappa shape index (κ3) is 2.51. The lowest BCUT2D eigenvalue weighted by Gasteiger charge is -1.97. The quantitative estimate of drug-likeness (QED) is 0.574. The van der Waals surface area contributed by atoms with Gasteiger partial charge in [0, 0.05) is 11.1 Å². The first kappa shape index (κ1) is 8.55. The van der Waals surface area contributed by atoms with Crippen LogP contribution in [0.25, 0.3) is 0 Å². The summed E-state index contributed by atoms with van der Waals surface area (Å²) in [6, 6.07) is 0. The first-order valence-corrected chi connectivity index (χ1v) is 4.58. The lowest BCUT2D eigenvalue weighted by molar-refractivity contribution is 0.0524. The molecule has 1 rings (SSSR count). The van der Waals surface area contributed by atoms with Gasteiger partial charge in [-0.15, -0.1) is 11.3 Å². The molecule has 1 heterocycles. The van der Waals surface area contributed by atoms with E-state index in [0.717, 1.165) is 0 Å². The summed E-state index contributed by atoms with van der Waals surface area (Å²) in [5.74, 6) is 0.163. The second-order valence-electron chi connectivity index (χ2n) is 1.73. The highest BCUT2D eigenvalue weighted by molar-refractivity contribution is 7.80. The van der Waals surface area contributed by atoms with Gasteiger partial charge in [-0.3, -0.25) is 0 Å². The Morgan fingerprint density at radius 1 is 1.82 bits per heavy atom. The molecule has 0 aromatic carbocycles. The average Bonchev–Trinajstić information content (AvgIpc) is 2.52. The minimum atomic E-state index is -0.375. The highest BCUT2D eigenvalue weighted by atomic mass is 32.1. The van der Waals surface area contributed by atoms with Crippen molar-refractivity contribution >= 4 is 29.9 Å². The number of ether oxygens (including phenoxy) is 1. The maximum absolute atomic E-state index is 11.0. The summed E-state index contributed by atoms with van der Waals surface area (Å²) >= 11 is 5.27. The number of carbonyl (C=O) groups is 1. The van der Waals surface area contributed by atoms with Crippen molar-refractivity contribution in [1.82, 2.24) is 4.98 Å². The number of hydrogen-bond donors (Lipinski definition) is 1. The zero-order chi connectivity index (χ0) is 8.10. The van der Waals surface area contributed by atoms with Crippen LogP contribution in [-0.2, 0) is 4.74 Å². The van der Waals surface area contributed by atoms with E-state index in [1.54, 1.807) is 10.9 Å². The molecule has 0 unspecified atom stereocenters. The van der Waals surface area contributed by atoms with Crippen LogP contribution in [0.15, 0.2) is 10.9 Å². The van der Waals surface area contributed by atoms with Crippen LogP contribution >= 0.6 is 24.0 Å². The smallest absolute Gasteiger partial charge is 0.357 e. The number of rotatable bonds is 3. The molecule has 0 atom stereocenters. The Kier molecular flexibility index (Phi) is 3.38. The molecular formula is C6H7NO2S2. The highest BCUT2D eigenvalue weighted by Gasteiger charge is 2.07. The molecular weight excluding hydrogens is 182 g/mol. The fraction of sp³-hybridized carbons (Fsp3) is 0.333. The van der Waals surface area contributed by atoms with Gasteiger partial charge in [0.05, 0.1) is 5.51 Å². The van der Waals surface area contributed by atoms with Gasteiger partial charge >= 0.3 is 5.97 Å². The van der Waals surface area contributed by atoms with E-state index in [1.165, 1.54) is 11.3 Å². The van der Waals surface area contributed by atoms with Gasteiger partial charge in [0.1, 0.15) is 6.61 Å². The fourth-order valence-corrected chi connectivity index (χ4v) is 1.14. The van der Waals surface area contributed by atoms with Crippen LogP contribution in [0, 0.1) is 0 Å². The molecule has 0 amide bonds. The molecule has 0 radical (unpaired) electrons.